The Morgan fingerprint density at radius 1 is 1.08 bits per heavy atom. The maximum Gasteiger partial charge on any atom is 0.269 e. The van der Waals surface area contributed by atoms with Crippen molar-refractivity contribution in [2.75, 3.05) is 6.54 Å². The molecule has 0 fully saturated rings. The Kier molecular flexibility index (Phi) is 6.42. The minimum Gasteiger partial charge on any atom is -0.356 e. The second-order valence-electron chi connectivity index (χ2n) is 5.47. The molecule has 0 spiro atoms. The fourth-order valence-electron chi connectivity index (χ4n) is 2.36. The number of hydrogen-bond donors (Lipinski definition) is 1. The molecule has 0 bridgehead atoms. The van der Waals surface area contributed by atoms with Crippen molar-refractivity contribution in [2.45, 2.75) is 25.7 Å². The molecule has 0 aliphatic carbocycles. The average Bonchev–Trinajstić information content (AvgIpc) is 2.57. The van der Waals surface area contributed by atoms with Gasteiger partial charge in [-0.05, 0) is 36.5 Å². The van der Waals surface area contributed by atoms with Crippen molar-refractivity contribution < 1.29 is 14.1 Å². The summed E-state index contributed by atoms with van der Waals surface area (Å²) in [6, 6.07) is 12.8. The summed E-state index contributed by atoms with van der Waals surface area (Å²) in [5, 5.41) is 13.4. The molecule has 0 heterocycles. The quantitative estimate of drug-likeness (QED) is 0.595. The molecule has 6 heteroatoms. The summed E-state index contributed by atoms with van der Waals surface area (Å²) >= 11 is 0. The van der Waals surface area contributed by atoms with Gasteiger partial charge in [0, 0.05) is 25.1 Å². The zero-order valence-corrected chi connectivity index (χ0v) is 13.2. The van der Waals surface area contributed by atoms with E-state index >= 15 is 0 Å². The van der Waals surface area contributed by atoms with Crippen LogP contribution in [0, 0.1) is 15.9 Å². The van der Waals surface area contributed by atoms with E-state index in [1.165, 1.54) is 18.2 Å². The molecular formula is C18H19FN2O3. The first-order chi connectivity index (χ1) is 11.6. The predicted octanol–water partition coefficient (Wildman–Crippen LogP) is 3.42. The van der Waals surface area contributed by atoms with Crippen LogP contribution in [0.4, 0.5) is 10.1 Å². The zero-order valence-electron chi connectivity index (χ0n) is 13.2. The van der Waals surface area contributed by atoms with Crippen molar-refractivity contribution in [3.05, 3.63) is 75.6 Å². The molecule has 1 N–H and O–H groups in total. The Morgan fingerprint density at radius 3 is 2.46 bits per heavy atom. The highest BCUT2D eigenvalue weighted by molar-refractivity contribution is 5.75. The molecule has 0 unspecified atom stereocenters. The lowest BCUT2D eigenvalue weighted by atomic mass is 10.1. The van der Waals surface area contributed by atoms with Crippen LogP contribution in [0.25, 0.3) is 0 Å². The van der Waals surface area contributed by atoms with Gasteiger partial charge in [0.05, 0.1) is 4.92 Å². The van der Waals surface area contributed by atoms with E-state index in [9.17, 15) is 19.3 Å². The summed E-state index contributed by atoms with van der Waals surface area (Å²) < 4.78 is 13.4. The number of carbonyl (C=O) groups excluding carboxylic acids is 1. The van der Waals surface area contributed by atoms with Crippen LogP contribution in [0.1, 0.15) is 24.0 Å². The molecule has 5 nitrogen and oxygen atoms in total. The molecule has 2 aromatic rings. The lowest BCUT2D eigenvalue weighted by molar-refractivity contribution is -0.384. The normalized spacial score (nSPS) is 10.4. The SMILES string of the molecule is O=C(CCCc1ccccc1F)NCCc1ccc([N+](=O)[O-])cc1. The van der Waals surface area contributed by atoms with Crippen LogP contribution in [-0.4, -0.2) is 17.4 Å². The maximum atomic E-state index is 13.4. The number of carbonyl (C=O) groups is 1. The second-order valence-corrected chi connectivity index (χ2v) is 5.47. The van der Waals surface area contributed by atoms with E-state index in [0.717, 1.165) is 5.56 Å². The fraction of sp³-hybridized carbons (Fsp3) is 0.278. The molecule has 0 aliphatic rings. The number of nitrogens with zero attached hydrogens (tertiary/aromatic N) is 1. The van der Waals surface area contributed by atoms with Gasteiger partial charge in [-0.2, -0.15) is 0 Å². The van der Waals surface area contributed by atoms with Crippen LogP contribution in [0.5, 0.6) is 0 Å². The average molecular weight is 330 g/mol. The van der Waals surface area contributed by atoms with Crippen molar-refractivity contribution in [1.82, 2.24) is 5.32 Å². The Morgan fingerprint density at radius 2 is 1.79 bits per heavy atom. The second kappa shape index (κ2) is 8.76. The van der Waals surface area contributed by atoms with Crippen molar-refractivity contribution in [2.24, 2.45) is 0 Å². The maximum absolute atomic E-state index is 13.4. The number of hydrogen-bond acceptors (Lipinski definition) is 3. The standard InChI is InChI=1S/C18H19FN2O3/c19-17-6-2-1-4-15(17)5-3-7-18(22)20-13-12-14-8-10-16(11-9-14)21(23)24/h1-2,4,6,8-11H,3,5,7,12-13H2,(H,20,22). The van der Waals surface area contributed by atoms with Gasteiger partial charge < -0.3 is 5.32 Å². The summed E-state index contributed by atoms with van der Waals surface area (Å²) in [7, 11) is 0. The van der Waals surface area contributed by atoms with Gasteiger partial charge in [0.1, 0.15) is 5.82 Å². The molecular weight excluding hydrogens is 311 g/mol. The van der Waals surface area contributed by atoms with Gasteiger partial charge >= 0.3 is 0 Å². The molecule has 0 radical (unpaired) electrons. The van der Waals surface area contributed by atoms with Gasteiger partial charge in [-0.1, -0.05) is 30.3 Å². The number of benzene rings is 2. The van der Waals surface area contributed by atoms with Crippen LogP contribution in [0.15, 0.2) is 48.5 Å². The van der Waals surface area contributed by atoms with E-state index < -0.39 is 4.92 Å². The topological polar surface area (TPSA) is 72.2 Å². The van der Waals surface area contributed by atoms with Gasteiger partial charge in [0.15, 0.2) is 0 Å². The summed E-state index contributed by atoms with van der Waals surface area (Å²) in [5.74, 6) is -0.315. The molecule has 24 heavy (non-hydrogen) atoms. The van der Waals surface area contributed by atoms with Gasteiger partial charge in [-0.25, -0.2) is 4.39 Å². The number of halogens is 1. The van der Waals surface area contributed by atoms with E-state index in [0.29, 0.717) is 37.8 Å². The number of amides is 1. The largest absolute Gasteiger partial charge is 0.356 e. The van der Waals surface area contributed by atoms with Crippen molar-refractivity contribution in [3.63, 3.8) is 0 Å². The number of nitro benzene ring substituents is 1. The number of nitro groups is 1. The van der Waals surface area contributed by atoms with E-state index in [2.05, 4.69) is 5.32 Å². The van der Waals surface area contributed by atoms with E-state index in [1.807, 2.05) is 0 Å². The molecule has 0 saturated heterocycles. The first-order valence-corrected chi connectivity index (χ1v) is 7.79. The highest BCUT2D eigenvalue weighted by Crippen LogP contribution is 2.12. The summed E-state index contributed by atoms with van der Waals surface area (Å²) in [4.78, 5) is 21.9. The minimum absolute atomic E-state index is 0.0518. The number of nitrogens with one attached hydrogen (secondary N) is 1. The van der Waals surface area contributed by atoms with Crippen molar-refractivity contribution >= 4 is 11.6 Å². The Labute approximate surface area is 139 Å². The number of rotatable bonds is 8. The van der Waals surface area contributed by atoms with Gasteiger partial charge in [-0.15, -0.1) is 0 Å². The molecule has 2 aromatic carbocycles. The van der Waals surface area contributed by atoms with Crippen LogP contribution in [0.3, 0.4) is 0 Å². The third kappa shape index (κ3) is 5.46. The lowest BCUT2D eigenvalue weighted by Gasteiger charge is -2.06. The predicted molar refractivity (Wildman–Crippen MR) is 89.1 cm³/mol. The van der Waals surface area contributed by atoms with Gasteiger partial charge in [-0.3, -0.25) is 14.9 Å². The summed E-state index contributed by atoms with van der Waals surface area (Å²) in [5.41, 5.74) is 1.60. The molecule has 1 amide bonds. The molecule has 0 atom stereocenters. The zero-order chi connectivity index (χ0) is 17.4. The molecule has 2 rings (SSSR count). The van der Waals surface area contributed by atoms with E-state index in [1.54, 1.807) is 30.3 Å². The molecule has 0 saturated carbocycles. The first kappa shape index (κ1) is 17.6. The molecule has 0 aliphatic heterocycles. The lowest BCUT2D eigenvalue weighted by Crippen LogP contribution is -2.25. The minimum atomic E-state index is -0.443. The highest BCUT2D eigenvalue weighted by atomic mass is 19.1. The summed E-state index contributed by atoms with van der Waals surface area (Å²) in [6.07, 6.45) is 2.07. The van der Waals surface area contributed by atoms with Crippen molar-refractivity contribution in [1.29, 1.82) is 0 Å². The van der Waals surface area contributed by atoms with E-state index in [4.69, 9.17) is 0 Å². The first-order valence-electron chi connectivity index (χ1n) is 7.79. The number of non-ortho nitro benzene ring substituents is 1. The fourth-order valence-corrected chi connectivity index (χ4v) is 2.36. The van der Waals surface area contributed by atoms with Gasteiger partial charge in [0.2, 0.25) is 5.91 Å². The Balaban J connectivity index is 1.66. The van der Waals surface area contributed by atoms with Crippen LogP contribution < -0.4 is 5.32 Å². The molecule has 126 valence electrons. The van der Waals surface area contributed by atoms with Crippen molar-refractivity contribution in [3.8, 4) is 0 Å². The van der Waals surface area contributed by atoms with Crippen LogP contribution in [-0.2, 0) is 17.6 Å². The monoisotopic (exact) mass is 330 g/mol. The summed E-state index contributed by atoms with van der Waals surface area (Å²) in [6.45, 7) is 0.469. The third-order valence-electron chi connectivity index (χ3n) is 3.69. The smallest absolute Gasteiger partial charge is 0.269 e. The molecule has 0 aromatic heterocycles. The number of aryl methyl sites for hydroxylation is 1. The van der Waals surface area contributed by atoms with Gasteiger partial charge in [0.25, 0.3) is 5.69 Å². The van der Waals surface area contributed by atoms with E-state index in [-0.39, 0.29) is 17.4 Å². The Bertz CT molecular complexity index is 702. The Hall–Kier alpha value is -2.76. The highest BCUT2D eigenvalue weighted by Gasteiger charge is 2.06. The van der Waals surface area contributed by atoms with Crippen LogP contribution in [0.2, 0.25) is 0 Å². The third-order valence-corrected chi connectivity index (χ3v) is 3.69. The van der Waals surface area contributed by atoms with Crippen LogP contribution >= 0.6 is 0 Å².